The maximum atomic E-state index is 6.76. The van der Waals surface area contributed by atoms with E-state index >= 15 is 0 Å². The summed E-state index contributed by atoms with van der Waals surface area (Å²) in [7, 11) is 0. The topological polar surface area (TPSA) is 16.4 Å². The lowest BCUT2D eigenvalue weighted by Crippen LogP contribution is -2.11. The van der Waals surface area contributed by atoms with Gasteiger partial charge in [-0.1, -0.05) is 140 Å². The highest BCUT2D eigenvalue weighted by Gasteiger charge is 2.24. The summed E-state index contributed by atoms with van der Waals surface area (Å²) in [5, 5.41) is 12.0. The monoisotopic (exact) mass is 611 g/mol. The highest BCUT2D eigenvalue weighted by atomic mass is 16.3. The van der Waals surface area contributed by atoms with Gasteiger partial charge in [-0.05, 0) is 79.7 Å². The molecule has 10 aromatic rings. The van der Waals surface area contributed by atoms with Gasteiger partial charge >= 0.3 is 0 Å². The highest BCUT2D eigenvalue weighted by molar-refractivity contribution is 6.20. The van der Waals surface area contributed by atoms with E-state index in [2.05, 4.69) is 181 Å². The Kier molecular flexibility index (Phi) is 5.91. The van der Waals surface area contributed by atoms with Crippen LogP contribution in [0.4, 0.5) is 17.1 Å². The number of rotatable bonds is 4. The molecule has 10 rings (SSSR count). The Morgan fingerprint density at radius 1 is 0.375 bits per heavy atom. The fourth-order valence-corrected chi connectivity index (χ4v) is 7.60. The number of hydrogen-bond donors (Lipinski definition) is 0. The van der Waals surface area contributed by atoms with E-state index in [1.54, 1.807) is 0 Å². The van der Waals surface area contributed by atoms with Crippen molar-refractivity contribution in [2.24, 2.45) is 0 Å². The van der Waals surface area contributed by atoms with Gasteiger partial charge in [-0.2, -0.15) is 0 Å². The molecule has 0 saturated carbocycles. The van der Waals surface area contributed by atoms with Crippen molar-refractivity contribution in [2.45, 2.75) is 0 Å². The van der Waals surface area contributed by atoms with E-state index in [0.29, 0.717) is 0 Å². The van der Waals surface area contributed by atoms with Gasteiger partial charge in [0.15, 0.2) is 0 Å². The lowest BCUT2D eigenvalue weighted by molar-refractivity contribution is 0.670. The van der Waals surface area contributed by atoms with Gasteiger partial charge in [-0.15, -0.1) is 0 Å². The maximum absolute atomic E-state index is 6.76. The molecule has 1 heterocycles. The Hall–Kier alpha value is -6.38. The standard InChI is InChI=1S/C46H29NO/c1-2-12-30(13-3-1)37-26-27-42(45-40-20-10-11-21-44(40)48-46(37)45)47(34-25-24-32-23-22-31-14-4-6-16-35(31)41(32)29-34)43-28-33-15-5-7-17-36(33)38-18-8-9-19-39(38)43/h1-29H. The van der Waals surface area contributed by atoms with Crippen LogP contribution < -0.4 is 4.90 Å². The molecule has 0 amide bonds. The summed E-state index contributed by atoms with van der Waals surface area (Å²) in [5.41, 5.74) is 7.29. The quantitative estimate of drug-likeness (QED) is 0.184. The van der Waals surface area contributed by atoms with E-state index in [0.717, 1.165) is 50.1 Å². The zero-order valence-corrected chi connectivity index (χ0v) is 26.1. The van der Waals surface area contributed by atoms with E-state index < -0.39 is 0 Å². The number of anilines is 3. The van der Waals surface area contributed by atoms with Crippen LogP contribution in [0.5, 0.6) is 0 Å². The Labute approximate surface area is 277 Å². The number of para-hydroxylation sites is 1. The Morgan fingerprint density at radius 2 is 0.979 bits per heavy atom. The van der Waals surface area contributed by atoms with E-state index in [4.69, 9.17) is 4.42 Å². The van der Waals surface area contributed by atoms with Crippen molar-refractivity contribution >= 4 is 82.1 Å². The number of fused-ring (bicyclic) bond motifs is 9. The summed E-state index contributed by atoms with van der Waals surface area (Å²) < 4.78 is 6.76. The summed E-state index contributed by atoms with van der Waals surface area (Å²) in [4.78, 5) is 2.45. The van der Waals surface area contributed by atoms with Gasteiger partial charge in [0.1, 0.15) is 11.2 Å². The molecule has 0 radical (unpaired) electrons. The molecule has 0 fully saturated rings. The molecule has 0 bridgehead atoms. The SMILES string of the molecule is c1ccc(-c2ccc(N(c3ccc4ccc5ccccc5c4c3)c3cc4ccccc4c4ccccc34)c3c2oc2ccccc23)cc1. The molecule has 224 valence electrons. The molecule has 48 heavy (non-hydrogen) atoms. The van der Waals surface area contributed by atoms with Crippen LogP contribution >= 0.6 is 0 Å². The zero-order chi connectivity index (χ0) is 31.6. The molecular weight excluding hydrogens is 583 g/mol. The van der Waals surface area contributed by atoms with Crippen molar-refractivity contribution in [2.75, 3.05) is 4.90 Å². The second kappa shape index (κ2) is 10.6. The average Bonchev–Trinajstić information content (AvgIpc) is 3.55. The summed E-state index contributed by atoms with van der Waals surface area (Å²) >= 11 is 0. The van der Waals surface area contributed by atoms with Crippen LogP contribution in [0.2, 0.25) is 0 Å². The second-order valence-corrected chi connectivity index (χ2v) is 12.5. The molecule has 0 saturated heterocycles. The minimum absolute atomic E-state index is 0.880. The largest absolute Gasteiger partial charge is 0.455 e. The third-order valence-corrected chi connectivity index (χ3v) is 9.81. The first kappa shape index (κ1) is 26.8. The van der Waals surface area contributed by atoms with Crippen LogP contribution in [0, 0.1) is 0 Å². The summed E-state index contributed by atoms with van der Waals surface area (Å²) in [6.07, 6.45) is 0. The van der Waals surface area contributed by atoms with E-state index in [-0.39, 0.29) is 0 Å². The Bertz CT molecular complexity index is 2850. The average molecular weight is 612 g/mol. The van der Waals surface area contributed by atoms with Gasteiger partial charge in [0.2, 0.25) is 0 Å². The second-order valence-electron chi connectivity index (χ2n) is 12.5. The smallest absolute Gasteiger partial charge is 0.145 e. The molecule has 0 atom stereocenters. The van der Waals surface area contributed by atoms with Crippen LogP contribution in [0.1, 0.15) is 0 Å². The summed E-state index contributed by atoms with van der Waals surface area (Å²) in [5.74, 6) is 0. The first-order valence-electron chi connectivity index (χ1n) is 16.4. The lowest BCUT2D eigenvalue weighted by Gasteiger charge is -2.29. The number of nitrogens with zero attached hydrogens (tertiary/aromatic N) is 1. The zero-order valence-electron chi connectivity index (χ0n) is 26.1. The minimum Gasteiger partial charge on any atom is -0.455 e. The first-order chi connectivity index (χ1) is 23.8. The molecule has 2 nitrogen and oxygen atoms in total. The molecule has 0 aliphatic carbocycles. The molecule has 9 aromatic carbocycles. The Balaban J connectivity index is 1.36. The van der Waals surface area contributed by atoms with E-state index in [9.17, 15) is 0 Å². The van der Waals surface area contributed by atoms with E-state index in [1.165, 1.54) is 43.1 Å². The normalized spacial score (nSPS) is 11.8. The van der Waals surface area contributed by atoms with Gasteiger partial charge in [0.05, 0.1) is 16.8 Å². The predicted molar refractivity (Wildman–Crippen MR) is 204 cm³/mol. The van der Waals surface area contributed by atoms with Gasteiger partial charge in [-0.3, -0.25) is 0 Å². The van der Waals surface area contributed by atoms with Crippen molar-refractivity contribution in [1.82, 2.24) is 0 Å². The van der Waals surface area contributed by atoms with Crippen molar-refractivity contribution in [3.63, 3.8) is 0 Å². The molecule has 0 aliphatic heterocycles. The van der Waals surface area contributed by atoms with Gasteiger partial charge in [-0.25, -0.2) is 0 Å². The van der Waals surface area contributed by atoms with Crippen molar-refractivity contribution in [3.05, 3.63) is 176 Å². The van der Waals surface area contributed by atoms with Crippen molar-refractivity contribution < 1.29 is 4.42 Å². The third-order valence-electron chi connectivity index (χ3n) is 9.81. The van der Waals surface area contributed by atoms with Crippen molar-refractivity contribution in [1.29, 1.82) is 0 Å². The predicted octanol–water partition coefficient (Wildman–Crippen LogP) is 13.3. The van der Waals surface area contributed by atoms with Crippen LogP contribution in [-0.4, -0.2) is 0 Å². The van der Waals surface area contributed by atoms with E-state index in [1.807, 2.05) is 0 Å². The summed E-state index contributed by atoms with van der Waals surface area (Å²) in [6, 6.07) is 63.3. The van der Waals surface area contributed by atoms with Gasteiger partial charge in [0.25, 0.3) is 0 Å². The minimum atomic E-state index is 0.880. The molecule has 0 aliphatic rings. The highest BCUT2D eigenvalue weighted by Crippen LogP contribution is 2.49. The lowest BCUT2D eigenvalue weighted by atomic mass is 9.96. The van der Waals surface area contributed by atoms with Crippen molar-refractivity contribution in [3.8, 4) is 11.1 Å². The maximum Gasteiger partial charge on any atom is 0.145 e. The number of hydrogen-bond acceptors (Lipinski definition) is 2. The fourth-order valence-electron chi connectivity index (χ4n) is 7.60. The molecule has 2 heteroatoms. The first-order valence-corrected chi connectivity index (χ1v) is 16.4. The molecule has 0 N–H and O–H groups in total. The third kappa shape index (κ3) is 4.06. The molecular formula is C46H29NO. The van der Waals surface area contributed by atoms with Crippen LogP contribution in [0.3, 0.4) is 0 Å². The molecule has 0 spiro atoms. The Morgan fingerprint density at radius 3 is 1.79 bits per heavy atom. The van der Waals surface area contributed by atoms with Gasteiger partial charge < -0.3 is 9.32 Å². The molecule has 1 aromatic heterocycles. The summed E-state index contributed by atoms with van der Waals surface area (Å²) in [6.45, 7) is 0. The van der Waals surface area contributed by atoms with Crippen LogP contribution in [-0.2, 0) is 0 Å². The van der Waals surface area contributed by atoms with Crippen LogP contribution in [0.15, 0.2) is 180 Å². The van der Waals surface area contributed by atoms with Crippen LogP contribution in [0.25, 0.3) is 76.2 Å². The number of benzene rings is 9. The van der Waals surface area contributed by atoms with Gasteiger partial charge in [0, 0.05) is 22.0 Å². The fraction of sp³-hybridized carbons (Fsp3) is 0. The number of furan rings is 1. The molecule has 0 unspecified atom stereocenters.